The molecule has 0 saturated heterocycles. The lowest BCUT2D eigenvalue weighted by Gasteiger charge is -2.61. The summed E-state index contributed by atoms with van der Waals surface area (Å²) < 4.78 is 5.18. The van der Waals surface area contributed by atoms with Gasteiger partial charge in [-0.1, -0.05) is 18.6 Å². The summed E-state index contributed by atoms with van der Waals surface area (Å²) >= 11 is 0. The van der Waals surface area contributed by atoms with Crippen LogP contribution in [0.3, 0.4) is 0 Å². The van der Waals surface area contributed by atoms with E-state index in [1.54, 1.807) is 12.3 Å². The Kier molecular flexibility index (Phi) is 4.27. The minimum atomic E-state index is -0.801. The van der Waals surface area contributed by atoms with Crippen molar-refractivity contribution >= 4 is 12.2 Å². The highest BCUT2D eigenvalue weighted by atomic mass is 16.5. The largest absolute Gasteiger partial charge is 0.458 e. The predicted octanol–water partition coefficient (Wildman–Crippen LogP) is 2.96. The van der Waals surface area contributed by atoms with E-state index in [1.165, 1.54) is 5.57 Å². The van der Waals surface area contributed by atoms with E-state index in [-0.39, 0.29) is 34.6 Å². The second-order valence-corrected chi connectivity index (χ2v) is 10.1. The van der Waals surface area contributed by atoms with Crippen LogP contribution in [0.15, 0.2) is 28.5 Å². The number of allylic oxidation sites excluding steroid dienone is 1. The molecule has 0 spiro atoms. The molecule has 0 bridgehead atoms. The van der Waals surface area contributed by atoms with Gasteiger partial charge in [-0.3, -0.25) is 0 Å². The summed E-state index contributed by atoms with van der Waals surface area (Å²) in [5.74, 6) is 0.236. The van der Waals surface area contributed by atoms with Crippen LogP contribution < -0.4 is 0 Å². The van der Waals surface area contributed by atoms with Gasteiger partial charge in [-0.05, 0) is 74.7 Å². The average molecular weight is 402 g/mol. The number of ether oxygens (including phenoxy) is 1. The zero-order valence-electron chi connectivity index (χ0n) is 17.0. The molecule has 0 unspecified atom stereocenters. The van der Waals surface area contributed by atoms with Crippen LogP contribution in [0, 0.1) is 28.6 Å². The Balaban J connectivity index is 1.53. The Morgan fingerprint density at radius 1 is 1.17 bits per heavy atom. The molecule has 3 saturated carbocycles. The standard InChI is InChI=1S/C23H31NO5/c1-21-7-5-18-19(3-2-15-11-16(25)4-8-22(15,18)13-24-28)23(21,27)9-6-17(21)14-10-20(26)29-12-14/h10-11,13,16-19,25,27-28H,2-9,12H2,1H3/b24-13-/t16-,17-,18-,19+,21-,22-,23-/m1/s1. The van der Waals surface area contributed by atoms with Gasteiger partial charge in [-0.2, -0.15) is 0 Å². The number of carbonyl (C=O) groups is 1. The molecule has 5 rings (SSSR count). The van der Waals surface area contributed by atoms with E-state index in [1.807, 2.05) is 6.08 Å². The summed E-state index contributed by atoms with van der Waals surface area (Å²) in [6, 6.07) is 0. The first-order chi connectivity index (χ1) is 13.8. The second-order valence-electron chi connectivity index (χ2n) is 10.1. The lowest BCUT2D eigenvalue weighted by Crippen LogP contribution is -2.61. The van der Waals surface area contributed by atoms with E-state index in [0.717, 1.165) is 50.5 Å². The molecule has 5 aliphatic rings. The highest BCUT2D eigenvalue weighted by Gasteiger charge is 2.67. The van der Waals surface area contributed by atoms with Crippen molar-refractivity contribution in [2.75, 3.05) is 6.61 Å². The lowest BCUT2D eigenvalue weighted by atomic mass is 9.44. The van der Waals surface area contributed by atoms with E-state index in [4.69, 9.17) is 4.74 Å². The van der Waals surface area contributed by atoms with Crippen molar-refractivity contribution in [3.05, 3.63) is 23.3 Å². The maximum absolute atomic E-state index is 12.2. The molecule has 0 radical (unpaired) electrons. The van der Waals surface area contributed by atoms with Crippen molar-refractivity contribution in [2.24, 2.45) is 33.7 Å². The molecule has 4 aliphatic carbocycles. The highest BCUT2D eigenvalue weighted by Crippen LogP contribution is 2.69. The number of rotatable bonds is 2. The fourth-order valence-corrected chi connectivity index (χ4v) is 7.92. The molecule has 6 nitrogen and oxygen atoms in total. The minimum Gasteiger partial charge on any atom is -0.458 e. The number of fused-ring (bicyclic) bond motifs is 5. The normalized spacial score (nSPS) is 49.1. The zero-order chi connectivity index (χ0) is 20.4. The fraction of sp³-hybridized carbons (Fsp3) is 0.739. The molecule has 0 aromatic carbocycles. The number of aliphatic hydroxyl groups excluding tert-OH is 1. The monoisotopic (exact) mass is 401 g/mol. The Labute approximate surface area is 171 Å². The Morgan fingerprint density at radius 2 is 2.00 bits per heavy atom. The van der Waals surface area contributed by atoms with Crippen LogP contribution in [-0.2, 0) is 9.53 Å². The molecule has 3 fully saturated rings. The Morgan fingerprint density at radius 3 is 2.72 bits per heavy atom. The molecule has 7 atom stereocenters. The first kappa shape index (κ1) is 19.3. The number of aliphatic hydroxyl groups is 2. The highest BCUT2D eigenvalue weighted by molar-refractivity contribution is 5.85. The van der Waals surface area contributed by atoms with E-state index < -0.39 is 11.7 Å². The quantitative estimate of drug-likeness (QED) is 0.217. The molecule has 0 aromatic heterocycles. The molecule has 6 heteroatoms. The van der Waals surface area contributed by atoms with Crippen LogP contribution >= 0.6 is 0 Å². The van der Waals surface area contributed by atoms with E-state index in [9.17, 15) is 20.2 Å². The first-order valence-electron chi connectivity index (χ1n) is 11.0. The van der Waals surface area contributed by atoms with E-state index in [2.05, 4.69) is 12.1 Å². The molecular weight excluding hydrogens is 370 g/mol. The van der Waals surface area contributed by atoms with Crippen LogP contribution in [-0.4, -0.2) is 45.9 Å². The molecule has 3 N–H and O–H groups in total. The molecule has 1 aliphatic heterocycles. The number of cyclic esters (lactones) is 1. The lowest BCUT2D eigenvalue weighted by molar-refractivity contribution is -0.175. The van der Waals surface area contributed by atoms with Crippen LogP contribution in [0.1, 0.15) is 58.3 Å². The minimum absolute atomic E-state index is 0.121. The molecule has 0 amide bonds. The number of nitrogens with zero attached hydrogens (tertiary/aromatic N) is 1. The summed E-state index contributed by atoms with van der Waals surface area (Å²) in [4.78, 5) is 11.7. The van der Waals surface area contributed by atoms with Crippen LogP contribution in [0.2, 0.25) is 0 Å². The summed E-state index contributed by atoms with van der Waals surface area (Å²) in [6.45, 7) is 2.56. The topological polar surface area (TPSA) is 99.4 Å². The first-order valence-corrected chi connectivity index (χ1v) is 11.0. The van der Waals surface area contributed by atoms with E-state index in [0.29, 0.717) is 13.0 Å². The van der Waals surface area contributed by atoms with Gasteiger partial charge in [-0.25, -0.2) is 4.79 Å². The van der Waals surface area contributed by atoms with Gasteiger partial charge in [0, 0.05) is 16.9 Å². The van der Waals surface area contributed by atoms with Crippen LogP contribution in [0.4, 0.5) is 0 Å². The summed E-state index contributed by atoms with van der Waals surface area (Å²) in [5.41, 5.74) is 0.772. The number of esters is 1. The van der Waals surface area contributed by atoms with Gasteiger partial charge >= 0.3 is 5.97 Å². The van der Waals surface area contributed by atoms with Crippen LogP contribution in [0.5, 0.6) is 0 Å². The summed E-state index contributed by atoms with van der Waals surface area (Å²) in [7, 11) is 0. The van der Waals surface area contributed by atoms with Crippen molar-refractivity contribution in [3.63, 3.8) is 0 Å². The third-order valence-electron chi connectivity index (χ3n) is 9.30. The van der Waals surface area contributed by atoms with E-state index >= 15 is 0 Å². The molecule has 0 aromatic rings. The summed E-state index contributed by atoms with van der Waals surface area (Å²) in [6.07, 6.45) is 11.4. The predicted molar refractivity (Wildman–Crippen MR) is 106 cm³/mol. The van der Waals surface area contributed by atoms with Gasteiger partial charge in [0.15, 0.2) is 0 Å². The van der Waals surface area contributed by atoms with Gasteiger partial charge < -0.3 is 20.2 Å². The van der Waals surface area contributed by atoms with Gasteiger partial charge in [0.05, 0.1) is 17.9 Å². The maximum Gasteiger partial charge on any atom is 0.331 e. The van der Waals surface area contributed by atoms with Crippen molar-refractivity contribution in [2.45, 2.75) is 70.0 Å². The molecule has 29 heavy (non-hydrogen) atoms. The van der Waals surface area contributed by atoms with Crippen molar-refractivity contribution in [3.8, 4) is 0 Å². The van der Waals surface area contributed by atoms with Gasteiger partial charge in [0.2, 0.25) is 0 Å². The van der Waals surface area contributed by atoms with Gasteiger partial charge in [0.25, 0.3) is 0 Å². The number of carbonyl (C=O) groups excluding carboxylic acids is 1. The fourth-order valence-electron chi connectivity index (χ4n) is 7.92. The summed E-state index contributed by atoms with van der Waals surface area (Å²) in [5, 5.41) is 35.3. The number of hydrogen-bond donors (Lipinski definition) is 3. The molecule has 158 valence electrons. The van der Waals surface area contributed by atoms with Crippen molar-refractivity contribution < 1.29 is 25.0 Å². The third kappa shape index (κ3) is 2.48. The molecular formula is C23H31NO5. The average Bonchev–Trinajstić information content (AvgIpc) is 3.23. The maximum atomic E-state index is 12.2. The molecule has 1 heterocycles. The smallest absolute Gasteiger partial charge is 0.331 e. The van der Waals surface area contributed by atoms with Crippen LogP contribution in [0.25, 0.3) is 0 Å². The third-order valence-corrected chi connectivity index (χ3v) is 9.30. The Hall–Kier alpha value is -1.66. The van der Waals surface area contributed by atoms with Gasteiger partial charge in [0.1, 0.15) is 6.61 Å². The SMILES string of the molecule is C[C@]12CC[C@@H]3[C@H](CCC4=C[C@H](O)CC[C@@]43/C=N\O)[C@]1(O)CC[C@@H]2C1=CC(=O)OC1. The number of oxime groups is 1. The Bertz CT molecular complexity index is 818. The van der Waals surface area contributed by atoms with Crippen molar-refractivity contribution in [1.82, 2.24) is 0 Å². The van der Waals surface area contributed by atoms with Gasteiger partial charge in [-0.15, -0.1) is 5.16 Å². The second kappa shape index (κ2) is 6.42. The van der Waals surface area contributed by atoms with Crippen molar-refractivity contribution in [1.29, 1.82) is 0 Å². The number of hydrogen-bond acceptors (Lipinski definition) is 6. The zero-order valence-corrected chi connectivity index (χ0v) is 17.0.